The number of aromatic amines is 1. The first kappa shape index (κ1) is 57.9. The lowest BCUT2D eigenvalue weighted by Crippen LogP contribution is -2.47. The molecule has 6 saturated heterocycles. The van der Waals surface area contributed by atoms with Crippen LogP contribution in [0.2, 0.25) is 53.9 Å². The summed E-state index contributed by atoms with van der Waals surface area (Å²) in [4.78, 5) is 17.8. The summed E-state index contributed by atoms with van der Waals surface area (Å²) in [5.41, 5.74) is 8.85. The number of fused-ring (bicyclic) bond motifs is 4. The van der Waals surface area contributed by atoms with E-state index in [1.807, 2.05) is 34.9 Å². The van der Waals surface area contributed by atoms with Crippen LogP contribution in [0.15, 0.2) is 71.2 Å². The van der Waals surface area contributed by atoms with Crippen molar-refractivity contribution >= 4 is 89.0 Å². The van der Waals surface area contributed by atoms with Gasteiger partial charge in [-0.3, -0.25) is 4.57 Å². The minimum Gasteiger partial charge on any atom is -0.470 e. The molecule has 4 aromatic heterocycles. The molecular weight excluding hydrogens is 1160 g/mol. The maximum atomic E-state index is 9.96. The van der Waals surface area contributed by atoms with Gasteiger partial charge in [-0.2, -0.15) is 0 Å². The lowest BCUT2D eigenvalue weighted by Gasteiger charge is -2.39. The van der Waals surface area contributed by atoms with Gasteiger partial charge in [0.05, 0.1) is 96.9 Å². The van der Waals surface area contributed by atoms with Gasteiger partial charge in [0, 0.05) is 69.4 Å². The van der Waals surface area contributed by atoms with E-state index in [0.717, 1.165) is 103 Å². The van der Waals surface area contributed by atoms with Crippen molar-refractivity contribution in [2.24, 2.45) is 0 Å². The molecule has 2 aromatic carbocycles. The van der Waals surface area contributed by atoms with Gasteiger partial charge in [0.1, 0.15) is 47.2 Å². The third kappa shape index (κ3) is 12.5. The Morgan fingerprint density at radius 2 is 1.21 bits per heavy atom. The molecule has 6 fully saturated rings. The standard InChI is InChI=1S/C35H52ClN3O6Si2.C23H23BrClN3O5/c1-35(2,3)47(7,8)45-30-22-43-33-29(21-42-34(30)33)44-31-20-27-28(39(31)23-41-17-18-46(4,5)6)19-26(36)32(37-27)24-9-11-25(12-10-24)38-13-15-40-16-14-38;24-18-20-15(26-23(18)33-17-11-32-21-16(29)10-31-22(17)21)9-14(25)19(27-20)12-1-3-13(4-2-12)28-5-7-30-8-6-28/h9-12,19-20,29-30,33-34H,13-18,21-23H2,1-8H3;1-4,9,16-17,21-22,26,29H,5-8,10-11H2/t29-,30-,33-,34-;16-,17-,21-,22-/m11/s1. The van der Waals surface area contributed by atoms with E-state index in [4.69, 9.17) is 80.2 Å². The zero-order chi connectivity index (χ0) is 56.1. The van der Waals surface area contributed by atoms with Gasteiger partial charge in [-0.05, 0) is 76.5 Å². The Balaban J connectivity index is 0.000000179. The summed E-state index contributed by atoms with van der Waals surface area (Å²) in [7, 11) is -3.23. The third-order valence-corrected chi connectivity index (χ3v) is 23.9. The first-order valence-electron chi connectivity index (χ1n) is 28.0. The fraction of sp³-hybridized carbons (Fsp3) is 0.552. The van der Waals surface area contributed by atoms with E-state index in [-0.39, 0.29) is 54.4 Å². The minimum absolute atomic E-state index is 0.0945. The summed E-state index contributed by atoms with van der Waals surface area (Å²) in [5.74, 6) is 1.20. The predicted molar refractivity (Wildman–Crippen MR) is 320 cm³/mol. The number of aromatic nitrogens is 4. The van der Waals surface area contributed by atoms with Crippen LogP contribution in [0.5, 0.6) is 11.8 Å². The highest BCUT2D eigenvalue weighted by Crippen LogP contribution is 2.43. The Hall–Kier alpha value is -3.85. The van der Waals surface area contributed by atoms with Crippen molar-refractivity contribution in [3.05, 3.63) is 81.2 Å². The summed E-state index contributed by atoms with van der Waals surface area (Å²) < 4.78 is 63.5. The molecule has 6 aliphatic rings. The molecule has 12 rings (SSSR count). The Kier molecular flexibility index (Phi) is 17.4. The van der Waals surface area contributed by atoms with Gasteiger partial charge in [-0.15, -0.1) is 0 Å². The zero-order valence-corrected chi connectivity index (χ0v) is 52.1. The van der Waals surface area contributed by atoms with Crippen LogP contribution in [0.3, 0.4) is 0 Å². The SMILES string of the molecule is CC(C)(C)[Si](C)(C)O[C@@H]1CO[C@H]2[C@@H]1OC[C@H]2Oc1cc2nc(-c3ccc(N4CCOCC4)cc3)c(Cl)cc2n1COCC[Si](C)(C)C.O[C@@H]1CO[C@H]2[C@@H]1OC[C@H]2Oc1[nH]c2cc(Cl)c(-c3ccc(N4CCOCC4)cc3)nc2c1Br. The number of hydrogen-bond donors (Lipinski definition) is 2. The monoisotopic (exact) mass is 1240 g/mol. The number of pyridine rings is 2. The highest BCUT2D eigenvalue weighted by Gasteiger charge is 2.53. The fourth-order valence-corrected chi connectivity index (χ4v) is 13.8. The smallest absolute Gasteiger partial charge is 0.208 e. The number of hydrogen-bond acceptors (Lipinski definition) is 15. The summed E-state index contributed by atoms with van der Waals surface area (Å²) in [6, 6.07) is 23.6. The average Bonchev–Trinajstić information content (AvgIpc) is 4.47. The number of anilines is 2. The molecule has 0 amide bonds. The van der Waals surface area contributed by atoms with Gasteiger partial charge in [0.25, 0.3) is 0 Å². The molecule has 80 heavy (non-hydrogen) atoms. The maximum Gasteiger partial charge on any atom is 0.208 e. The number of benzene rings is 2. The molecule has 6 aromatic rings. The van der Waals surface area contributed by atoms with Crippen LogP contribution in [-0.2, 0) is 44.3 Å². The van der Waals surface area contributed by atoms with Crippen LogP contribution in [0.25, 0.3) is 44.6 Å². The molecule has 10 heterocycles. The van der Waals surface area contributed by atoms with Crippen LogP contribution in [0.4, 0.5) is 11.4 Å². The van der Waals surface area contributed by atoms with Crippen molar-refractivity contribution < 1.29 is 52.2 Å². The van der Waals surface area contributed by atoms with E-state index in [2.05, 4.69) is 121 Å². The number of H-pyrrole nitrogens is 1. The Morgan fingerprint density at radius 3 is 1.81 bits per heavy atom. The van der Waals surface area contributed by atoms with Gasteiger partial charge in [-0.25, -0.2) is 9.97 Å². The van der Waals surface area contributed by atoms with Gasteiger partial charge in [0.15, 0.2) is 26.4 Å². The minimum atomic E-state index is -1.99. The first-order valence-corrected chi connectivity index (χ1v) is 36.1. The molecule has 0 unspecified atom stereocenters. The molecule has 0 spiro atoms. The summed E-state index contributed by atoms with van der Waals surface area (Å²) in [6.45, 7) is 27.5. The van der Waals surface area contributed by atoms with Crippen molar-refractivity contribution in [1.82, 2.24) is 19.5 Å². The quantitative estimate of drug-likeness (QED) is 0.0736. The van der Waals surface area contributed by atoms with E-state index in [0.29, 0.717) is 65.1 Å². The van der Waals surface area contributed by atoms with E-state index < -0.39 is 22.5 Å². The largest absolute Gasteiger partial charge is 0.470 e. The molecule has 0 saturated carbocycles. The molecule has 22 heteroatoms. The third-order valence-electron chi connectivity index (χ3n) is 16.4. The topological polar surface area (TPSA) is 166 Å². The number of ether oxygens (including phenoxy) is 9. The second-order valence-electron chi connectivity index (χ2n) is 24.2. The predicted octanol–water partition coefficient (Wildman–Crippen LogP) is 10.8. The second kappa shape index (κ2) is 24.0. The lowest BCUT2D eigenvalue weighted by atomic mass is 10.1. The highest BCUT2D eigenvalue weighted by atomic mass is 79.9. The maximum absolute atomic E-state index is 9.96. The fourth-order valence-electron chi connectivity index (χ4n) is 10.8. The highest BCUT2D eigenvalue weighted by molar-refractivity contribution is 9.10. The number of nitrogens with zero attached hydrogens (tertiary/aromatic N) is 5. The molecular formula is C58H75BrCl2N6O11Si2. The van der Waals surface area contributed by atoms with Crippen molar-refractivity contribution in [2.75, 3.05) is 95.4 Å². The molecule has 8 atom stereocenters. The molecule has 0 bridgehead atoms. The van der Waals surface area contributed by atoms with Crippen LogP contribution >= 0.6 is 39.1 Å². The van der Waals surface area contributed by atoms with Crippen molar-refractivity contribution in [3.63, 3.8) is 0 Å². The van der Waals surface area contributed by atoms with E-state index in [9.17, 15) is 5.11 Å². The van der Waals surface area contributed by atoms with Gasteiger partial charge >= 0.3 is 0 Å². The number of aliphatic hydroxyl groups is 1. The average molecular weight is 1240 g/mol. The molecule has 432 valence electrons. The number of halogens is 3. The van der Waals surface area contributed by atoms with Crippen molar-refractivity contribution in [1.29, 1.82) is 0 Å². The normalized spacial score (nSPS) is 25.3. The van der Waals surface area contributed by atoms with Gasteiger partial charge in [-0.1, -0.05) is 87.9 Å². The summed E-state index contributed by atoms with van der Waals surface area (Å²) in [5, 5.41) is 11.2. The van der Waals surface area contributed by atoms with Crippen LogP contribution in [-0.4, -0.2) is 175 Å². The van der Waals surface area contributed by atoms with Gasteiger partial charge in [0.2, 0.25) is 5.88 Å². The molecule has 6 aliphatic heterocycles. The first-order chi connectivity index (χ1) is 38.3. The number of rotatable bonds is 15. The Morgan fingerprint density at radius 1 is 0.688 bits per heavy atom. The summed E-state index contributed by atoms with van der Waals surface area (Å²) in [6.07, 6.45) is -2.32. The number of morpholine rings is 2. The lowest BCUT2D eigenvalue weighted by molar-refractivity contribution is 0.00780. The van der Waals surface area contributed by atoms with Crippen molar-refractivity contribution in [2.45, 2.75) is 120 Å². The second-order valence-corrected chi connectivity index (χ2v) is 36.2. The molecule has 0 radical (unpaired) electrons. The van der Waals surface area contributed by atoms with Gasteiger partial charge < -0.3 is 66.9 Å². The molecule has 0 aliphatic carbocycles. The van der Waals surface area contributed by atoms with Crippen LogP contribution < -0.4 is 19.3 Å². The van der Waals surface area contributed by atoms with E-state index in [1.54, 1.807) is 0 Å². The zero-order valence-electron chi connectivity index (χ0n) is 47.0. The molecule has 2 N–H and O–H groups in total. The van der Waals surface area contributed by atoms with Crippen molar-refractivity contribution in [3.8, 4) is 34.3 Å². The number of aliphatic hydroxyl groups excluding tert-OH is 1. The Labute approximate surface area is 488 Å². The van der Waals surface area contributed by atoms with Crippen LogP contribution in [0, 0.1) is 0 Å². The number of nitrogens with one attached hydrogen (secondary N) is 1. The Bertz CT molecular complexity index is 3110. The summed E-state index contributed by atoms with van der Waals surface area (Å²) >= 11 is 17.2. The van der Waals surface area contributed by atoms with E-state index >= 15 is 0 Å². The van der Waals surface area contributed by atoms with E-state index in [1.165, 1.54) is 5.69 Å². The molecule has 17 nitrogen and oxygen atoms in total. The van der Waals surface area contributed by atoms with Crippen LogP contribution in [0.1, 0.15) is 20.8 Å².